The standard InChI is InChI=1S/C9H19N3O3/c1-4-5-8(12-14)10-6-11-9(13)15-7(2)3/h7-8,10H,4-6H2,1-3H3,(H,11,13). The minimum Gasteiger partial charge on any atom is -0.447 e. The van der Waals surface area contributed by atoms with Gasteiger partial charge in [-0.3, -0.25) is 5.32 Å². The van der Waals surface area contributed by atoms with Crippen LogP contribution < -0.4 is 10.6 Å². The van der Waals surface area contributed by atoms with E-state index in [1.54, 1.807) is 13.8 Å². The molecule has 0 radical (unpaired) electrons. The first-order chi connectivity index (χ1) is 7.10. The quantitative estimate of drug-likeness (QED) is 0.501. The van der Waals surface area contributed by atoms with Crippen LogP contribution in [-0.4, -0.2) is 25.0 Å². The SMILES string of the molecule is CCCC(N=O)NCNC(=O)OC(C)C. The van der Waals surface area contributed by atoms with Crippen molar-refractivity contribution in [1.82, 2.24) is 10.6 Å². The maximum absolute atomic E-state index is 11.0. The first-order valence-corrected chi connectivity index (χ1v) is 5.10. The third-order valence-electron chi connectivity index (χ3n) is 1.60. The minimum atomic E-state index is -0.501. The van der Waals surface area contributed by atoms with Gasteiger partial charge in [-0.1, -0.05) is 18.5 Å². The van der Waals surface area contributed by atoms with Crippen LogP contribution in [0, 0.1) is 4.91 Å². The number of hydrogen-bond donors (Lipinski definition) is 2. The summed E-state index contributed by atoms with van der Waals surface area (Å²) >= 11 is 0. The fourth-order valence-electron chi connectivity index (χ4n) is 0.962. The van der Waals surface area contributed by atoms with Gasteiger partial charge in [-0.05, 0) is 20.3 Å². The highest BCUT2D eigenvalue weighted by Gasteiger charge is 2.07. The number of nitroso groups, excluding NO2 is 1. The smallest absolute Gasteiger partial charge is 0.408 e. The van der Waals surface area contributed by atoms with Gasteiger partial charge in [-0.25, -0.2) is 4.79 Å². The molecular formula is C9H19N3O3. The van der Waals surface area contributed by atoms with Gasteiger partial charge >= 0.3 is 6.09 Å². The maximum Gasteiger partial charge on any atom is 0.408 e. The summed E-state index contributed by atoms with van der Waals surface area (Å²) in [6.07, 6.45) is 0.415. The number of ether oxygens (including phenoxy) is 1. The van der Waals surface area contributed by atoms with E-state index < -0.39 is 12.3 Å². The lowest BCUT2D eigenvalue weighted by atomic mass is 10.3. The van der Waals surface area contributed by atoms with E-state index in [1.165, 1.54) is 0 Å². The van der Waals surface area contributed by atoms with Crippen molar-refractivity contribution < 1.29 is 9.53 Å². The molecule has 6 nitrogen and oxygen atoms in total. The third kappa shape index (κ3) is 7.87. The van der Waals surface area contributed by atoms with Gasteiger partial charge in [-0.2, -0.15) is 0 Å². The molecule has 0 aliphatic heterocycles. The highest BCUT2D eigenvalue weighted by Crippen LogP contribution is 1.96. The Hall–Kier alpha value is -1.17. The number of nitrogens with zero attached hydrogens (tertiary/aromatic N) is 1. The lowest BCUT2D eigenvalue weighted by Crippen LogP contribution is -2.39. The second-order valence-electron chi connectivity index (χ2n) is 3.42. The molecule has 1 amide bonds. The van der Waals surface area contributed by atoms with E-state index in [1.807, 2.05) is 6.92 Å². The molecule has 0 aromatic heterocycles. The maximum atomic E-state index is 11.0. The summed E-state index contributed by atoms with van der Waals surface area (Å²) in [6, 6.07) is 0. The molecule has 0 rings (SSSR count). The van der Waals surface area contributed by atoms with Crippen molar-refractivity contribution in [2.45, 2.75) is 45.9 Å². The first kappa shape index (κ1) is 13.8. The fraction of sp³-hybridized carbons (Fsp3) is 0.889. The fourth-order valence-corrected chi connectivity index (χ4v) is 0.962. The normalized spacial score (nSPS) is 12.3. The number of alkyl carbamates (subject to hydrolysis) is 1. The van der Waals surface area contributed by atoms with Crippen molar-refractivity contribution in [3.05, 3.63) is 4.91 Å². The van der Waals surface area contributed by atoms with Gasteiger partial charge in [0.25, 0.3) is 0 Å². The van der Waals surface area contributed by atoms with Gasteiger partial charge in [0.05, 0.1) is 12.8 Å². The molecule has 88 valence electrons. The molecule has 2 N–H and O–H groups in total. The number of carbonyl (C=O) groups is 1. The molecule has 0 spiro atoms. The largest absolute Gasteiger partial charge is 0.447 e. The molecule has 0 saturated carbocycles. The average molecular weight is 217 g/mol. The van der Waals surface area contributed by atoms with E-state index in [4.69, 9.17) is 4.74 Å². The Morgan fingerprint density at radius 3 is 2.60 bits per heavy atom. The van der Waals surface area contributed by atoms with Crippen molar-refractivity contribution in [1.29, 1.82) is 0 Å². The Kier molecular flexibility index (Phi) is 7.53. The van der Waals surface area contributed by atoms with Crippen LogP contribution in [0.25, 0.3) is 0 Å². The zero-order valence-corrected chi connectivity index (χ0v) is 9.45. The van der Waals surface area contributed by atoms with Gasteiger partial charge in [0.15, 0.2) is 0 Å². The highest BCUT2D eigenvalue weighted by molar-refractivity contribution is 5.67. The van der Waals surface area contributed by atoms with E-state index in [9.17, 15) is 9.70 Å². The van der Waals surface area contributed by atoms with Gasteiger partial charge < -0.3 is 10.1 Å². The summed E-state index contributed by atoms with van der Waals surface area (Å²) in [6.45, 7) is 5.67. The predicted molar refractivity (Wildman–Crippen MR) is 57.2 cm³/mol. The van der Waals surface area contributed by atoms with Crippen molar-refractivity contribution in [2.24, 2.45) is 5.18 Å². The van der Waals surface area contributed by atoms with Gasteiger partial charge in [-0.15, -0.1) is 4.91 Å². The van der Waals surface area contributed by atoms with Crippen molar-refractivity contribution >= 4 is 6.09 Å². The highest BCUT2D eigenvalue weighted by atomic mass is 16.6. The van der Waals surface area contributed by atoms with E-state index in [-0.39, 0.29) is 12.8 Å². The molecule has 0 heterocycles. The Labute approximate surface area is 89.7 Å². The topological polar surface area (TPSA) is 79.8 Å². The van der Waals surface area contributed by atoms with Crippen molar-refractivity contribution in [2.75, 3.05) is 6.67 Å². The molecule has 0 aliphatic rings. The average Bonchev–Trinajstić information content (AvgIpc) is 2.15. The molecule has 1 unspecified atom stereocenters. The van der Waals surface area contributed by atoms with Crippen LogP contribution in [0.2, 0.25) is 0 Å². The monoisotopic (exact) mass is 217 g/mol. The number of rotatable bonds is 7. The van der Waals surface area contributed by atoms with Gasteiger partial charge in [0, 0.05) is 0 Å². The molecule has 1 atom stereocenters. The second-order valence-corrected chi connectivity index (χ2v) is 3.42. The lowest BCUT2D eigenvalue weighted by molar-refractivity contribution is 0.114. The Bertz CT molecular complexity index is 197. The number of nitrogens with one attached hydrogen (secondary N) is 2. The first-order valence-electron chi connectivity index (χ1n) is 5.10. The van der Waals surface area contributed by atoms with Crippen LogP contribution in [-0.2, 0) is 4.74 Å². The molecule has 0 aromatic rings. The van der Waals surface area contributed by atoms with Crippen LogP contribution in [0.5, 0.6) is 0 Å². The number of hydrogen-bond acceptors (Lipinski definition) is 5. The van der Waals surface area contributed by atoms with Crippen molar-refractivity contribution in [3.63, 3.8) is 0 Å². The van der Waals surface area contributed by atoms with Crippen LogP contribution in [0.3, 0.4) is 0 Å². The molecule has 6 heteroatoms. The Morgan fingerprint density at radius 2 is 2.13 bits per heavy atom. The van der Waals surface area contributed by atoms with Gasteiger partial charge in [0.2, 0.25) is 0 Å². The van der Waals surface area contributed by atoms with E-state index >= 15 is 0 Å². The van der Waals surface area contributed by atoms with Crippen LogP contribution in [0.4, 0.5) is 4.79 Å². The zero-order chi connectivity index (χ0) is 11.7. The van der Waals surface area contributed by atoms with E-state index in [0.29, 0.717) is 6.42 Å². The third-order valence-corrected chi connectivity index (χ3v) is 1.60. The molecule has 0 bridgehead atoms. The summed E-state index contributed by atoms with van der Waals surface area (Å²) in [5, 5.41) is 8.13. The molecule has 0 saturated heterocycles. The van der Waals surface area contributed by atoms with Gasteiger partial charge in [0.1, 0.15) is 6.17 Å². The number of amides is 1. The summed E-state index contributed by atoms with van der Waals surface area (Å²) < 4.78 is 4.83. The number of carbonyl (C=O) groups excluding carboxylic acids is 1. The molecule has 0 aliphatic carbocycles. The van der Waals surface area contributed by atoms with Crippen LogP contribution >= 0.6 is 0 Å². The zero-order valence-electron chi connectivity index (χ0n) is 9.45. The summed E-state index contributed by atoms with van der Waals surface area (Å²) in [4.78, 5) is 21.3. The van der Waals surface area contributed by atoms with Crippen molar-refractivity contribution in [3.8, 4) is 0 Å². The minimum absolute atomic E-state index is 0.152. The molecule has 15 heavy (non-hydrogen) atoms. The molecular weight excluding hydrogens is 198 g/mol. The molecule has 0 fully saturated rings. The lowest BCUT2D eigenvalue weighted by Gasteiger charge is -2.12. The summed E-state index contributed by atoms with van der Waals surface area (Å²) in [7, 11) is 0. The van der Waals surface area contributed by atoms with E-state index in [2.05, 4.69) is 15.8 Å². The second kappa shape index (κ2) is 8.16. The Morgan fingerprint density at radius 1 is 1.47 bits per heavy atom. The van der Waals surface area contributed by atoms with Crippen LogP contribution in [0.1, 0.15) is 33.6 Å². The van der Waals surface area contributed by atoms with Crippen LogP contribution in [0.15, 0.2) is 5.18 Å². The summed E-state index contributed by atoms with van der Waals surface area (Å²) in [5.74, 6) is 0. The Balaban J connectivity index is 3.58. The molecule has 0 aromatic carbocycles. The predicted octanol–water partition coefficient (Wildman–Crippen LogP) is 1.56. The summed E-state index contributed by atoms with van der Waals surface area (Å²) in [5.41, 5.74) is 0. The van der Waals surface area contributed by atoms with E-state index in [0.717, 1.165) is 6.42 Å².